The number of nitrogens with zero attached hydrogens (tertiary/aromatic N) is 2. The van der Waals surface area contributed by atoms with Gasteiger partial charge in [0.1, 0.15) is 0 Å². The largest absolute Gasteiger partial charge is 0.353 e. The van der Waals surface area contributed by atoms with Crippen molar-refractivity contribution in [1.29, 1.82) is 0 Å². The first-order valence-corrected chi connectivity index (χ1v) is 12.6. The number of rotatable bonds is 8. The summed E-state index contributed by atoms with van der Waals surface area (Å²) in [5.74, 6) is -0.240. The number of hydrogen-bond donors (Lipinski definition) is 1. The van der Waals surface area contributed by atoms with Crippen LogP contribution in [0.15, 0.2) is 35.7 Å². The molecule has 0 aromatic heterocycles. The van der Waals surface area contributed by atoms with Gasteiger partial charge in [0.2, 0.25) is 15.9 Å². The fourth-order valence-corrected chi connectivity index (χ4v) is 5.46. The summed E-state index contributed by atoms with van der Waals surface area (Å²) in [5.41, 5.74) is 0.846. The van der Waals surface area contributed by atoms with Crippen molar-refractivity contribution in [3.8, 4) is 0 Å². The molecule has 7 heteroatoms. The van der Waals surface area contributed by atoms with Gasteiger partial charge in [0.15, 0.2) is 0 Å². The van der Waals surface area contributed by atoms with E-state index in [1.165, 1.54) is 45.6 Å². The molecule has 1 amide bonds. The van der Waals surface area contributed by atoms with Crippen LogP contribution in [0.5, 0.6) is 0 Å². The average molecular weight is 434 g/mol. The lowest BCUT2D eigenvalue weighted by Gasteiger charge is -2.48. The predicted octanol–water partition coefficient (Wildman–Crippen LogP) is 3.22. The van der Waals surface area contributed by atoms with Gasteiger partial charge in [0.05, 0.1) is 6.54 Å². The van der Waals surface area contributed by atoms with Crippen LogP contribution in [0.1, 0.15) is 56.9 Å². The number of amides is 1. The van der Waals surface area contributed by atoms with Gasteiger partial charge in [-0.15, -0.1) is 0 Å². The molecule has 1 saturated heterocycles. The van der Waals surface area contributed by atoms with Crippen LogP contribution in [-0.4, -0.2) is 62.3 Å². The second-order valence-corrected chi connectivity index (χ2v) is 10.5. The number of benzene rings is 1. The van der Waals surface area contributed by atoms with Crippen molar-refractivity contribution >= 4 is 22.0 Å². The van der Waals surface area contributed by atoms with E-state index in [1.54, 1.807) is 6.08 Å². The molecule has 1 aliphatic carbocycles. The van der Waals surface area contributed by atoms with Crippen LogP contribution in [0.3, 0.4) is 0 Å². The summed E-state index contributed by atoms with van der Waals surface area (Å²) in [4.78, 5) is 15.2. The van der Waals surface area contributed by atoms with Crippen molar-refractivity contribution in [2.45, 2.75) is 56.9 Å². The van der Waals surface area contributed by atoms with Crippen molar-refractivity contribution in [3.05, 3.63) is 41.3 Å². The molecule has 6 nitrogen and oxygen atoms in total. The lowest BCUT2D eigenvalue weighted by Crippen LogP contribution is -2.58. The molecule has 0 radical (unpaired) electrons. The van der Waals surface area contributed by atoms with Gasteiger partial charge >= 0.3 is 0 Å². The molecule has 30 heavy (non-hydrogen) atoms. The standard InChI is InChI=1S/C23H35N3O3S/c1-25(30(28,29)18-13-21-11-5-2-6-12-21)19-22(27)24-20-23(14-7-3-8-15-23)26-16-9-4-10-17-26/h2,5-6,11-13,18H,3-4,7-10,14-17,19-20H2,1H3,(H,24,27). The van der Waals surface area contributed by atoms with Gasteiger partial charge in [-0.05, 0) is 50.4 Å². The van der Waals surface area contributed by atoms with E-state index in [2.05, 4.69) is 10.2 Å². The molecular formula is C23H35N3O3S. The fraction of sp³-hybridized carbons (Fsp3) is 0.609. The summed E-state index contributed by atoms with van der Waals surface area (Å²) in [5, 5.41) is 4.22. The number of carbonyl (C=O) groups is 1. The van der Waals surface area contributed by atoms with Gasteiger partial charge in [-0.3, -0.25) is 9.69 Å². The number of piperidine rings is 1. The molecular weight excluding hydrogens is 398 g/mol. The van der Waals surface area contributed by atoms with Gasteiger partial charge in [-0.25, -0.2) is 8.42 Å². The van der Waals surface area contributed by atoms with E-state index >= 15 is 0 Å². The Kier molecular flexibility index (Phi) is 8.08. The first-order valence-electron chi connectivity index (χ1n) is 11.1. The van der Waals surface area contributed by atoms with Crippen LogP contribution in [-0.2, 0) is 14.8 Å². The van der Waals surface area contributed by atoms with E-state index < -0.39 is 10.0 Å². The van der Waals surface area contributed by atoms with Crippen molar-refractivity contribution in [2.75, 3.05) is 33.2 Å². The summed E-state index contributed by atoms with van der Waals surface area (Å²) in [6, 6.07) is 9.26. The van der Waals surface area contributed by atoms with Gasteiger partial charge in [-0.1, -0.05) is 56.0 Å². The highest BCUT2D eigenvalue weighted by molar-refractivity contribution is 7.92. The number of carbonyl (C=O) groups excluding carboxylic acids is 1. The maximum atomic E-state index is 12.6. The molecule has 2 aliphatic rings. The normalized spacial score (nSPS) is 20.5. The molecule has 1 heterocycles. The second kappa shape index (κ2) is 10.6. The van der Waals surface area contributed by atoms with Crippen LogP contribution in [0.2, 0.25) is 0 Å². The zero-order valence-electron chi connectivity index (χ0n) is 18.1. The second-order valence-electron chi connectivity index (χ2n) is 8.62. The predicted molar refractivity (Wildman–Crippen MR) is 121 cm³/mol. The zero-order chi connectivity index (χ0) is 21.5. The molecule has 0 unspecified atom stereocenters. The molecule has 1 N–H and O–H groups in total. The van der Waals surface area contributed by atoms with Crippen molar-refractivity contribution < 1.29 is 13.2 Å². The molecule has 2 fully saturated rings. The third-order valence-electron chi connectivity index (χ3n) is 6.46. The highest BCUT2D eigenvalue weighted by Gasteiger charge is 2.38. The molecule has 1 aromatic carbocycles. The first-order chi connectivity index (χ1) is 14.4. The Hall–Kier alpha value is -1.70. The van der Waals surface area contributed by atoms with Crippen LogP contribution >= 0.6 is 0 Å². The summed E-state index contributed by atoms with van der Waals surface area (Å²) in [6.45, 7) is 2.65. The number of sulfonamides is 1. The SMILES string of the molecule is CN(CC(=O)NCC1(N2CCCCC2)CCCCC1)S(=O)(=O)C=Cc1ccccc1. The topological polar surface area (TPSA) is 69.7 Å². The number of likely N-dealkylation sites (tertiary alicyclic amines) is 1. The van der Waals surface area contributed by atoms with E-state index in [4.69, 9.17) is 0 Å². The summed E-state index contributed by atoms with van der Waals surface area (Å²) < 4.78 is 26.1. The molecule has 0 atom stereocenters. The summed E-state index contributed by atoms with van der Waals surface area (Å²) >= 11 is 0. The third-order valence-corrected chi connectivity index (χ3v) is 7.94. The monoisotopic (exact) mass is 433 g/mol. The Balaban J connectivity index is 1.56. The van der Waals surface area contributed by atoms with Gasteiger partial charge in [0, 0.05) is 24.5 Å². The number of nitrogens with one attached hydrogen (secondary N) is 1. The summed E-state index contributed by atoms with van der Waals surface area (Å²) in [6.07, 6.45) is 11.2. The van der Waals surface area contributed by atoms with Gasteiger partial charge < -0.3 is 5.32 Å². The Bertz CT molecular complexity index is 811. The maximum Gasteiger partial charge on any atom is 0.236 e. The minimum atomic E-state index is -3.65. The van der Waals surface area contributed by atoms with Crippen molar-refractivity contribution in [1.82, 2.24) is 14.5 Å². The van der Waals surface area contributed by atoms with E-state index in [0.29, 0.717) is 6.54 Å². The minimum absolute atomic E-state index is 0.0407. The maximum absolute atomic E-state index is 12.6. The molecule has 166 valence electrons. The molecule has 0 spiro atoms. The van der Waals surface area contributed by atoms with E-state index in [0.717, 1.165) is 41.2 Å². The van der Waals surface area contributed by atoms with Crippen LogP contribution in [0.25, 0.3) is 6.08 Å². The quantitative estimate of drug-likeness (QED) is 0.683. The smallest absolute Gasteiger partial charge is 0.236 e. The first kappa shape index (κ1) is 23.0. The van der Waals surface area contributed by atoms with E-state index in [-0.39, 0.29) is 18.0 Å². The Morgan fingerprint density at radius 1 is 1.07 bits per heavy atom. The molecule has 0 bridgehead atoms. The van der Waals surface area contributed by atoms with Crippen molar-refractivity contribution in [3.63, 3.8) is 0 Å². The minimum Gasteiger partial charge on any atom is -0.353 e. The molecule has 1 aromatic rings. The highest BCUT2D eigenvalue weighted by Crippen LogP contribution is 2.35. The lowest BCUT2D eigenvalue weighted by atomic mass is 9.79. The lowest BCUT2D eigenvalue weighted by molar-refractivity contribution is -0.122. The number of hydrogen-bond acceptors (Lipinski definition) is 4. The summed E-state index contributed by atoms with van der Waals surface area (Å²) in [7, 11) is -2.20. The molecule has 1 saturated carbocycles. The zero-order valence-corrected chi connectivity index (χ0v) is 18.9. The molecule has 3 rings (SSSR count). The van der Waals surface area contributed by atoms with Crippen LogP contribution in [0.4, 0.5) is 0 Å². The van der Waals surface area contributed by atoms with Crippen LogP contribution < -0.4 is 5.32 Å². The average Bonchev–Trinajstić information content (AvgIpc) is 2.78. The Morgan fingerprint density at radius 2 is 1.70 bits per heavy atom. The Labute approximate surface area is 181 Å². The molecule has 1 aliphatic heterocycles. The Morgan fingerprint density at radius 3 is 2.37 bits per heavy atom. The third kappa shape index (κ3) is 6.15. The highest BCUT2D eigenvalue weighted by atomic mass is 32.2. The fourth-order valence-electron chi connectivity index (χ4n) is 4.63. The van der Waals surface area contributed by atoms with E-state index in [1.807, 2.05) is 30.3 Å². The van der Waals surface area contributed by atoms with Crippen LogP contribution in [0, 0.1) is 0 Å². The van der Waals surface area contributed by atoms with E-state index in [9.17, 15) is 13.2 Å². The van der Waals surface area contributed by atoms with Gasteiger partial charge in [-0.2, -0.15) is 4.31 Å². The van der Waals surface area contributed by atoms with Crippen molar-refractivity contribution in [2.24, 2.45) is 0 Å². The number of likely N-dealkylation sites (N-methyl/N-ethyl adjacent to an activating group) is 1. The van der Waals surface area contributed by atoms with Gasteiger partial charge in [0.25, 0.3) is 0 Å².